The molecule has 0 heterocycles. The highest BCUT2D eigenvalue weighted by atomic mass is 35.5. The molecule has 2 aromatic rings. The van der Waals surface area contributed by atoms with Gasteiger partial charge in [-0.3, -0.25) is 14.9 Å². The van der Waals surface area contributed by atoms with E-state index in [1.54, 1.807) is 0 Å². The van der Waals surface area contributed by atoms with E-state index in [1.165, 1.54) is 6.07 Å². The highest BCUT2D eigenvalue weighted by Gasteiger charge is 2.32. The lowest BCUT2D eigenvalue weighted by molar-refractivity contribution is -0.384. The number of aromatic hydroxyl groups is 1. The maximum atomic E-state index is 12.7. The molecular formula is C14H8ClF3N2O4. The molecule has 0 radical (unpaired) electrons. The van der Waals surface area contributed by atoms with Gasteiger partial charge < -0.3 is 10.4 Å². The lowest BCUT2D eigenvalue weighted by atomic mass is 10.1. The van der Waals surface area contributed by atoms with Gasteiger partial charge >= 0.3 is 6.18 Å². The van der Waals surface area contributed by atoms with Crippen LogP contribution in [0.2, 0.25) is 5.02 Å². The molecule has 10 heteroatoms. The van der Waals surface area contributed by atoms with Crippen molar-refractivity contribution in [3.05, 3.63) is 62.7 Å². The molecule has 2 aromatic carbocycles. The summed E-state index contributed by atoms with van der Waals surface area (Å²) in [6, 6.07) is 5.09. The molecule has 0 atom stereocenters. The third kappa shape index (κ3) is 3.74. The summed E-state index contributed by atoms with van der Waals surface area (Å²) in [5.74, 6) is -1.52. The molecule has 0 spiro atoms. The van der Waals surface area contributed by atoms with Crippen LogP contribution in [0.15, 0.2) is 36.4 Å². The van der Waals surface area contributed by atoms with Gasteiger partial charge in [-0.05, 0) is 30.3 Å². The van der Waals surface area contributed by atoms with Crippen molar-refractivity contribution in [2.75, 3.05) is 5.32 Å². The number of carbonyl (C=O) groups excluding carboxylic acids is 1. The zero-order chi connectivity index (χ0) is 18.1. The molecule has 2 rings (SSSR count). The lowest BCUT2D eigenvalue weighted by Gasteiger charge is -2.11. The largest absolute Gasteiger partial charge is 0.507 e. The number of benzene rings is 2. The van der Waals surface area contributed by atoms with Crippen LogP contribution in [0.3, 0.4) is 0 Å². The number of nitrogens with one attached hydrogen (secondary N) is 1. The molecule has 0 aliphatic carbocycles. The highest BCUT2D eigenvalue weighted by Crippen LogP contribution is 2.35. The number of alkyl halides is 3. The zero-order valence-electron chi connectivity index (χ0n) is 11.6. The molecule has 0 fully saturated rings. The third-order valence-electron chi connectivity index (χ3n) is 2.97. The van der Waals surface area contributed by atoms with Gasteiger partial charge in [0.15, 0.2) is 0 Å². The fraction of sp³-hybridized carbons (Fsp3) is 0.0714. The van der Waals surface area contributed by atoms with E-state index in [-0.39, 0.29) is 10.6 Å². The second-order valence-electron chi connectivity index (χ2n) is 4.60. The van der Waals surface area contributed by atoms with Crippen molar-refractivity contribution in [1.82, 2.24) is 0 Å². The van der Waals surface area contributed by atoms with Gasteiger partial charge in [0.25, 0.3) is 11.6 Å². The Bertz CT molecular complexity index is 824. The number of nitro groups is 1. The third-order valence-corrected chi connectivity index (χ3v) is 3.21. The van der Waals surface area contributed by atoms with Gasteiger partial charge in [-0.2, -0.15) is 13.2 Å². The first-order valence-corrected chi connectivity index (χ1v) is 6.63. The lowest BCUT2D eigenvalue weighted by Crippen LogP contribution is -2.15. The van der Waals surface area contributed by atoms with Crippen molar-refractivity contribution in [3.8, 4) is 5.75 Å². The number of halogens is 4. The summed E-state index contributed by atoms with van der Waals surface area (Å²) in [5, 5.41) is 22.6. The maximum absolute atomic E-state index is 12.7. The Balaban J connectivity index is 2.45. The second kappa shape index (κ2) is 6.36. The molecule has 0 aromatic heterocycles. The number of nitro benzene ring substituents is 1. The summed E-state index contributed by atoms with van der Waals surface area (Å²) in [6.45, 7) is 0. The van der Waals surface area contributed by atoms with Crippen LogP contribution < -0.4 is 5.32 Å². The molecule has 2 N–H and O–H groups in total. The first kappa shape index (κ1) is 17.5. The van der Waals surface area contributed by atoms with Gasteiger partial charge in [0.05, 0.1) is 16.1 Å². The van der Waals surface area contributed by atoms with Crippen LogP contribution in [0.5, 0.6) is 5.75 Å². The van der Waals surface area contributed by atoms with E-state index in [0.717, 1.165) is 12.1 Å². The predicted molar refractivity (Wildman–Crippen MR) is 79.2 cm³/mol. The van der Waals surface area contributed by atoms with E-state index in [1.807, 2.05) is 5.32 Å². The number of anilines is 1. The second-order valence-corrected chi connectivity index (χ2v) is 5.04. The SMILES string of the molecule is O=C(Nc1cc(C(F)(F)F)ccc1[N+](=O)[O-])c1cc(Cl)ccc1O. The van der Waals surface area contributed by atoms with Gasteiger partial charge in [-0.1, -0.05) is 11.6 Å². The number of rotatable bonds is 3. The van der Waals surface area contributed by atoms with Crippen molar-refractivity contribution >= 4 is 28.9 Å². The van der Waals surface area contributed by atoms with E-state index in [9.17, 15) is 33.2 Å². The van der Waals surface area contributed by atoms with E-state index in [2.05, 4.69) is 0 Å². The molecule has 0 saturated heterocycles. The summed E-state index contributed by atoms with van der Waals surface area (Å²) in [5.41, 5.74) is -2.88. The molecule has 1 amide bonds. The van der Waals surface area contributed by atoms with Crippen molar-refractivity contribution in [2.45, 2.75) is 6.18 Å². The molecule has 0 bridgehead atoms. The minimum Gasteiger partial charge on any atom is -0.507 e. The van der Waals surface area contributed by atoms with Crippen LogP contribution in [0.4, 0.5) is 24.5 Å². The monoisotopic (exact) mass is 360 g/mol. The average molecular weight is 361 g/mol. The van der Waals surface area contributed by atoms with Gasteiger partial charge in [0.1, 0.15) is 11.4 Å². The summed E-state index contributed by atoms with van der Waals surface area (Å²) in [4.78, 5) is 22.1. The molecular weight excluding hydrogens is 353 g/mol. The van der Waals surface area contributed by atoms with E-state index in [0.29, 0.717) is 18.2 Å². The Morgan fingerprint density at radius 1 is 1.21 bits per heavy atom. The Morgan fingerprint density at radius 3 is 2.46 bits per heavy atom. The molecule has 0 aliphatic heterocycles. The molecule has 0 saturated carbocycles. The van der Waals surface area contributed by atoms with Gasteiger partial charge in [-0.25, -0.2) is 0 Å². The number of nitrogens with zero attached hydrogens (tertiary/aromatic N) is 1. The van der Waals surface area contributed by atoms with Gasteiger partial charge in [0.2, 0.25) is 0 Å². The van der Waals surface area contributed by atoms with Gasteiger partial charge in [-0.15, -0.1) is 0 Å². The van der Waals surface area contributed by atoms with Crippen LogP contribution in [-0.2, 0) is 6.18 Å². The zero-order valence-corrected chi connectivity index (χ0v) is 12.4. The Kier molecular flexibility index (Phi) is 4.65. The Labute approximate surface area is 137 Å². The minimum absolute atomic E-state index is 0.0940. The smallest absolute Gasteiger partial charge is 0.416 e. The summed E-state index contributed by atoms with van der Waals surface area (Å²) < 4.78 is 38.2. The number of hydrogen-bond donors (Lipinski definition) is 2. The quantitative estimate of drug-likeness (QED) is 0.633. The average Bonchev–Trinajstić information content (AvgIpc) is 2.48. The number of amides is 1. The van der Waals surface area contributed by atoms with Crippen molar-refractivity contribution in [1.29, 1.82) is 0 Å². The predicted octanol–water partition coefficient (Wildman–Crippen LogP) is 4.22. The molecule has 0 aliphatic rings. The van der Waals surface area contributed by atoms with Gasteiger partial charge in [0, 0.05) is 11.1 Å². The van der Waals surface area contributed by atoms with E-state index < -0.39 is 39.7 Å². The molecule has 6 nitrogen and oxygen atoms in total. The Morgan fingerprint density at radius 2 is 1.88 bits per heavy atom. The fourth-order valence-corrected chi connectivity index (χ4v) is 2.02. The minimum atomic E-state index is -4.74. The first-order chi connectivity index (χ1) is 11.1. The first-order valence-electron chi connectivity index (χ1n) is 6.25. The number of phenolic OH excluding ortho intramolecular Hbond substituents is 1. The summed E-state index contributed by atoms with van der Waals surface area (Å²) in [6.07, 6.45) is -4.74. The molecule has 0 unspecified atom stereocenters. The highest BCUT2D eigenvalue weighted by molar-refractivity contribution is 6.31. The number of phenols is 1. The fourth-order valence-electron chi connectivity index (χ4n) is 1.85. The summed E-state index contributed by atoms with van der Waals surface area (Å²) >= 11 is 5.68. The van der Waals surface area contributed by atoms with Crippen LogP contribution in [0, 0.1) is 10.1 Å². The number of hydrogen-bond acceptors (Lipinski definition) is 4. The summed E-state index contributed by atoms with van der Waals surface area (Å²) in [7, 11) is 0. The van der Waals surface area contributed by atoms with Crippen LogP contribution in [0.25, 0.3) is 0 Å². The molecule has 126 valence electrons. The van der Waals surface area contributed by atoms with Crippen molar-refractivity contribution in [2.24, 2.45) is 0 Å². The maximum Gasteiger partial charge on any atom is 0.416 e. The van der Waals surface area contributed by atoms with E-state index >= 15 is 0 Å². The van der Waals surface area contributed by atoms with Crippen LogP contribution >= 0.6 is 11.6 Å². The molecule has 24 heavy (non-hydrogen) atoms. The number of carbonyl (C=O) groups is 1. The van der Waals surface area contributed by atoms with Crippen molar-refractivity contribution < 1.29 is 28.0 Å². The standard InChI is InChI=1S/C14H8ClF3N2O4/c15-8-2-4-12(21)9(6-8)13(22)19-10-5-7(14(16,17)18)1-3-11(10)20(23)24/h1-6,21H,(H,19,22). The topological polar surface area (TPSA) is 92.5 Å². The van der Waals surface area contributed by atoms with E-state index in [4.69, 9.17) is 11.6 Å². The van der Waals surface area contributed by atoms with Crippen LogP contribution in [0.1, 0.15) is 15.9 Å². The normalized spacial score (nSPS) is 11.2. The van der Waals surface area contributed by atoms with Crippen molar-refractivity contribution in [3.63, 3.8) is 0 Å². The Hall–Kier alpha value is -2.81. The van der Waals surface area contributed by atoms with Crippen LogP contribution in [-0.4, -0.2) is 15.9 Å².